The van der Waals surface area contributed by atoms with Crippen molar-refractivity contribution in [3.05, 3.63) is 20.1 Å². The Bertz CT molecular complexity index is 744. The third-order valence-electron chi connectivity index (χ3n) is 3.45. The van der Waals surface area contributed by atoms with Crippen LogP contribution in [-0.2, 0) is 4.74 Å². The number of ether oxygens (including phenoxy) is 1. The molecular formula is C11H13IN4O5. The molecule has 1 fully saturated rings. The number of rotatable bonds is 2. The number of halogens is 1. The Morgan fingerprint density at radius 2 is 2.19 bits per heavy atom. The number of hydrogen-bond acceptors (Lipinski definition) is 7. The molecule has 2 aromatic heterocycles. The molecule has 21 heavy (non-hydrogen) atoms. The van der Waals surface area contributed by atoms with E-state index in [1.807, 2.05) is 22.6 Å². The minimum atomic E-state index is -1.25. The van der Waals surface area contributed by atoms with E-state index in [0.717, 1.165) is 0 Å². The molecule has 1 saturated heterocycles. The van der Waals surface area contributed by atoms with Crippen LogP contribution >= 0.6 is 22.6 Å². The highest BCUT2D eigenvalue weighted by Crippen LogP contribution is 2.32. The summed E-state index contributed by atoms with van der Waals surface area (Å²) in [6.07, 6.45) is -2.77. The molecule has 0 saturated carbocycles. The number of fused-ring (bicyclic) bond motifs is 1. The fourth-order valence-corrected chi connectivity index (χ4v) is 3.22. The molecule has 1 aliphatic rings. The number of aromatic amines is 1. The summed E-state index contributed by atoms with van der Waals surface area (Å²) in [4.78, 5) is 18.4. The maximum absolute atomic E-state index is 11.9. The minimum Gasteiger partial charge on any atom is -0.394 e. The SMILES string of the molecule is Nc1nc2c(c(I)cn2C2OC(CO)C(O)C2O)c(=O)[nH]1. The summed E-state index contributed by atoms with van der Waals surface area (Å²) in [7, 11) is 0. The molecule has 4 unspecified atom stereocenters. The highest BCUT2D eigenvalue weighted by Gasteiger charge is 2.44. The first-order valence-electron chi connectivity index (χ1n) is 6.12. The zero-order chi connectivity index (χ0) is 15.3. The number of aliphatic hydroxyl groups is 3. The van der Waals surface area contributed by atoms with Crippen molar-refractivity contribution in [3.8, 4) is 0 Å². The van der Waals surface area contributed by atoms with Crippen LogP contribution in [0.3, 0.4) is 0 Å². The van der Waals surface area contributed by atoms with Crippen molar-refractivity contribution in [2.45, 2.75) is 24.5 Å². The molecule has 0 amide bonds. The van der Waals surface area contributed by atoms with Crippen LogP contribution in [0.5, 0.6) is 0 Å². The van der Waals surface area contributed by atoms with Gasteiger partial charge >= 0.3 is 0 Å². The number of aromatic nitrogens is 3. The molecule has 0 aliphatic carbocycles. The Morgan fingerprint density at radius 3 is 2.81 bits per heavy atom. The summed E-state index contributed by atoms with van der Waals surface area (Å²) in [6, 6.07) is 0. The van der Waals surface area contributed by atoms with Crippen LogP contribution in [0.2, 0.25) is 0 Å². The molecule has 2 aromatic rings. The lowest BCUT2D eigenvalue weighted by molar-refractivity contribution is -0.0509. The number of nitrogens with one attached hydrogen (secondary N) is 1. The van der Waals surface area contributed by atoms with Crippen molar-refractivity contribution >= 4 is 39.6 Å². The van der Waals surface area contributed by atoms with Gasteiger partial charge in [-0.05, 0) is 22.6 Å². The van der Waals surface area contributed by atoms with Crippen LogP contribution in [0.25, 0.3) is 11.0 Å². The molecular weight excluding hydrogens is 395 g/mol. The van der Waals surface area contributed by atoms with Gasteiger partial charge in [0.15, 0.2) is 11.9 Å². The molecule has 10 heteroatoms. The number of nitrogen functional groups attached to an aromatic ring is 1. The van der Waals surface area contributed by atoms with Gasteiger partial charge in [-0.15, -0.1) is 0 Å². The standard InChI is InChI=1S/C11H13IN4O5/c12-3-1-16(8-5(3)9(20)15-11(13)14-8)10-7(19)6(18)4(2-17)21-10/h1,4,6-7,10,17-19H,2H2,(H3,13,14,15,20). The highest BCUT2D eigenvalue weighted by molar-refractivity contribution is 14.1. The number of nitrogens with zero attached hydrogens (tertiary/aromatic N) is 2. The topological polar surface area (TPSA) is 147 Å². The van der Waals surface area contributed by atoms with Crippen molar-refractivity contribution in [1.29, 1.82) is 0 Å². The van der Waals surface area contributed by atoms with Gasteiger partial charge < -0.3 is 30.4 Å². The average molecular weight is 408 g/mol. The van der Waals surface area contributed by atoms with Gasteiger partial charge in [0.05, 0.1) is 12.0 Å². The zero-order valence-corrected chi connectivity index (χ0v) is 12.8. The van der Waals surface area contributed by atoms with Crippen LogP contribution in [-0.4, -0.2) is 54.8 Å². The molecule has 9 nitrogen and oxygen atoms in total. The van der Waals surface area contributed by atoms with Crippen LogP contribution < -0.4 is 11.3 Å². The third kappa shape index (κ3) is 2.23. The average Bonchev–Trinajstić information content (AvgIpc) is 2.89. The van der Waals surface area contributed by atoms with Crippen LogP contribution in [0.1, 0.15) is 6.23 Å². The van der Waals surface area contributed by atoms with Crippen molar-refractivity contribution in [3.63, 3.8) is 0 Å². The van der Waals surface area contributed by atoms with Gasteiger partial charge in [0, 0.05) is 9.77 Å². The van der Waals surface area contributed by atoms with E-state index in [1.54, 1.807) is 6.20 Å². The maximum Gasteiger partial charge on any atom is 0.262 e. The number of anilines is 1. The summed E-state index contributed by atoms with van der Waals surface area (Å²) >= 11 is 1.96. The Balaban J connectivity index is 2.16. The number of aliphatic hydroxyl groups excluding tert-OH is 3. The van der Waals surface area contributed by atoms with Crippen molar-refractivity contribution in [1.82, 2.24) is 14.5 Å². The second-order valence-corrected chi connectivity index (χ2v) is 5.93. The van der Waals surface area contributed by atoms with Gasteiger partial charge in [-0.1, -0.05) is 0 Å². The highest BCUT2D eigenvalue weighted by atomic mass is 127. The van der Waals surface area contributed by atoms with Gasteiger partial charge in [-0.25, -0.2) is 0 Å². The van der Waals surface area contributed by atoms with Gasteiger partial charge in [0.25, 0.3) is 5.56 Å². The fraction of sp³-hybridized carbons (Fsp3) is 0.455. The fourth-order valence-electron chi connectivity index (χ4n) is 2.43. The zero-order valence-electron chi connectivity index (χ0n) is 10.6. The first kappa shape index (κ1) is 14.7. The predicted octanol–water partition coefficient (Wildman–Crippen LogP) is -1.48. The smallest absolute Gasteiger partial charge is 0.262 e. The van der Waals surface area contributed by atoms with E-state index in [1.165, 1.54) is 4.57 Å². The number of nitrogens with two attached hydrogens (primary N) is 1. The lowest BCUT2D eigenvalue weighted by atomic mass is 10.1. The molecule has 1 aliphatic heterocycles. The van der Waals surface area contributed by atoms with Gasteiger partial charge in [-0.2, -0.15) is 4.98 Å². The summed E-state index contributed by atoms with van der Waals surface area (Å²) in [5, 5.41) is 29.3. The normalized spacial score (nSPS) is 29.3. The summed E-state index contributed by atoms with van der Waals surface area (Å²) in [6.45, 7) is -0.429. The third-order valence-corrected chi connectivity index (χ3v) is 4.26. The minimum absolute atomic E-state index is 0.0602. The first-order chi connectivity index (χ1) is 9.93. The monoisotopic (exact) mass is 408 g/mol. The van der Waals surface area contributed by atoms with E-state index < -0.39 is 36.7 Å². The Hall–Kier alpha value is -1.21. The number of H-pyrrole nitrogens is 1. The Labute approximate surface area is 131 Å². The second-order valence-electron chi connectivity index (χ2n) is 4.76. The van der Waals surface area contributed by atoms with E-state index in [2.05, 4.69) is 9.97 Å². The van der Waals surface area contributed by atoms with E-state index in [9.17, 15) is 15.0 Å². The molecule has 0 spiro atoms. The lowest BCUT2D eigenvalue weighted by Gasteiger charge is -2.17. The van der Waals surface area contributed by atoms with Gasteiger partial charge in [-0.3, -0.25) is 9.78 Å². The first-order valence-corrected chi connectivity index (χ1v) is 7.20. The quantitative estimate of drug-likeness (QED) is 0.381. The van der Waals surface area contributed by atoms with Crippen LogP contribution in [0.4, 0.5) is 5.95 Å². The molecule has 0 aromatic carbocycles. The molecule has 114 valence electrons. The summed E-state index contributed by atoms with van der Waals surface area (Å²) in [5.74, 6) is -0.0602. The maximum atomic E-state index is 11.9. The molecule has 3 rings (SSSR count). The van der Waals surface area contributed by atoms with Gasteiger partial charge in [0.1, 0.15) is 18.3 Å². The predicted molar refractivity (Wildman–Crippen MR) is 80.5 cm³/mol. The Morgan fingerprint density at radius 1 is 1.48 bits per heavy atom. The van der Waals surface area contributed by atoms with Crippen molar-refractivity contribution in [2.24, 2.45) is 0 Å². The van der Waals surface area contributed by atoms with E-state index in [4.69, 9.17) is 15.6 Å². The second kappa shape index (κ2) is 5.21. The van der Waals surface area contributed by atoms with Crippen molar-refractivity contribution < 1.29 is 20.1 Å². The van der Waals surface area contributed by atoms with Crippen molar-refractivity contribution in [2.75, 3.05) is 12.3 Å². The molecule has 6 N–H and O–H groups in total. The Kier molecular flexibility index (Phi) is 3.65. The van der Waals surface area contributed by atoms with Crippen LogP contribution in [0, 0.1) is 3.57 Å². The van der Waals surface area contributed by atoms with E-state index in [0.29, 0.717) is 8.96 Å². The molecule has 0 radical (unpaired) electrons. The molecule has 0 bridgehead atoms. The molecule has 4 atom stereocenters. The summed E-state index contributed by atoms with van der Waals surface area (Å²) < 4.78 is 7.48. The number of hydrogen-bond donors (Lipinski definition) is 5. The van der Waals surface area contributed by atoms with Crippen LogP contribution in [0.15, 0.2) is 11.0 Å². The largest absolute Gasteiger partial charge is 0.394 e. The van der Waals surface area contributed by atoms with E-state index in [-0.39, 0.29) is 11.6 Å². The lowest BCUT2D eigenvalue weighted by Crippen LogP contribution is -2.33. The van der Waals surface area contributed by atoms with Gasteiger partial charge in [0.2, 0.25) is 5.95 Å². The molecule has 3 heterocycles. The summed E-state index contributed by atoms with van der Waals surface area (Å²) in [5.41, 5.74) is 5.39. The van der Waals surface area contributed by atoms with E-state index >= 15 is 0 Å².